The van der Waals surface area contributed by atoms with Crippen LogP contribution >= 0.6 is 11.6 Å². The molecule has 0 aliphatic heterocycles. The molecule has 0 radical (unpaired) electrons. The van der Waals surface area contributed by atoms with Gasteiger partial charge in [-0.1, -0.05) is 35.9 Å². The molecule has 4 aromatic heterocycles. The van der Waals surface area contributed by atoms with Crippen molar-refractivity contribution in [2.75, 3.05) is 5.73 Å². The van der Waals surface area contributed by atoms with Crippen molar-refractivity contribution in [1.29, 1.82) is 0 Å². The summed E-state index contributed by atoms with van der Waals surface area (Å²) in [7, 11) is 0. The van der Waals surface area contributed by atoms with Crippen LogP contribution in [0.2, 0.25) is 5.02 Å². The van der Waals surface area contributed by atoms with Gasteiger partial charge in [0.25, 0.3) is 11.5 Å². The van der Waals surface area contributed by atoms with E-state index in [1.807, 2.05) is 25.1 Å². The minimum absolute atomic E-state index is 0.103. The van der Waals surface area contributed by atoms with Gasteiger partial charge in [-0.3, -0.25) is 9.59 Å². The van der Waals surface area contributed by atoms with Crippen molar-refractivity contribution in [1.82, 2.24) is 39.8 Å². The van der Waals surface area contributed by atoms with Crippen molar-refractivity contribution in [2.24, 2.45) is 5.73 Å². The number of tetrazole rings is 1. The Kier molecular flexibility index (Phi) is 6.00. The molecule has 5 N–H and O–H groups in total. The number of benzene rings is 1. The van der Waals surface area contributed by atoms with E-state index < -0.39 is 5.91 Å². The number of fused-ring (bicyclic) bond motifs is 2. The van der Waals surface area contributed by atoms with Crippen LogP contribution in [0.3, 0.4) is 0 Å². The Morgan fingerprint density at radius 3 is 2.79 bits per heavy atom. The summed E-state index contributed by atoms with van der Waals surface area (Å²) in [4.78, 5) is 27.5. The highest BCUT2D eigenvalue weighted by molar-refractivity contribution is 6.35. The molecule has 5 aromatic rings. The number of carbonyl (C=O) groups is 1. The van der Waals surface area contributed by atoms with Gasteiger partial charge in [-0.2, -0.15) is 5.21 Å². The van der Waals surface area contributed by atoms with E-state index in [-0.39, 0.29) is 23.5 Å². The van der Waals surface area contributed by atoms with Crippen molar-refractivity contribution in [3.05, 3.63) is 75.2 Å². The average Bonchev–Trinajstić information content (AvgIpc) is 3.42. The summed E-state index contributed by atoms with van der Waals surface area (Å²) in [6.45, 7) is 2.28. The zero-order chi connectivity index (χ0) is 23.5. The third-order valence-corrected chi connectivity index (χ3v) is 5.21. The Balaban J connectivity index is 0.000000172. The molecule has 0 aliphatic rings. The molecule has 4 heterocycles. The second-order valence-corrected chi connectivity index (χ2v) is 7.33. The van der Waals surface area contributed by atoms with Crippen LogP contribution < -0.4 is 17.0 Å². The van der Waals surface area contributed by atoms with Crippen molar-refractivity contribution < 1.29 is 4.79 Å². The highest BCUT2D eigenvalue weighted by atomic mass is 35.5. The number of nitrogens with one attached hydrogen (secondary N) is 1. The maximum Gasteiger partial charge on any atom is 0.260 e. The molecule has 0 saturated carbocycles. The van der Waals surface area contributed by atoms with Crippen LogP contribution in [-0.2, 0) is 13.0 Å². The van der Waals surface area contributed by atoms with Crippen molar-refractivity contribution in [2.45, 2.75) is 19.9 Å². The summed E-state index contributed by atoms with van der Waals surface area (Å²) >= 11 is 6.15. The molecule has 5 rings (SSSR count). The third-order valence-electron chi connectivity index (χ3n) is 4.89. The first kappa shape index (κ1) is 21.9. The maximum absolute atomic E-state index is 12.6. The Morgan fingerprint density at radius 1 is 1.27 bits per heavy atom. The molecule has 33 heavy (non-hydrogen) atoms. The average molecular weight is 467 g/mol. The Morgan fingerprint density at radius 2 is 2.09 bits per heavy atom. The summed E-state index contributed by atoms with van der Waals surface area (Å²) in [6.07, 6.45) is 3.92. The summed E-state index contributed by atoms with van der Waals surface area (Å²) < 4.78 is 3.05. The minimum Gasteiger partial charge on any atom is -0.381 e. The number of pyridine rings is 1. The van der Waals surface area contributed by atoms with E-state index in [0.29, 0.717) is 21.9 Å². The van der Waals surface area contributed by atoms with Gasteiger partial charge < -0.3 is 16.0 Å². The van der Waals surface area contributed by atoms with Gasteiger partial charge in [0.2, 0.25) is 0 Å². The fourth-order valence-corrected chi connectivity index (χ4v) is 3.67. The molecule has 1 aromatic carbocycles. The lowest BCUT2D eigenvalue weighted by atomic mass is 10.1. The maximum atomic E-state index is 12.6. The van der Waals surface area contributed by atoms with Gasteiger partial charge in [0.15, 0.2) is 17.3 Å². The van der Waals surface area contributed by atoms with Gasteiger partial charge in [0.05, 0.1) is 17.0 Å². The lowest BCUT2D eigenvalue weighted by Gasteiger charge is -2.12. The summed E-state index contributed by atoms with van der Waals surface area (Å²) in [6, 6.07) is 9.11. The zero-order valence-corrected chi connectivity index (χ0v) is 18.2. The zero-order valence-electron chi connectivity index (χ0n) is 17.4. The molecular formula is C20H19ClN10O2. The molecule has 1 amide bonds. The first-order chi connectivity index (χ1) is 15.9. The topological polar surface area (TPSA) is 176 Å². The number of carbonyl (C=O) groups excluding carboxylic acids is 1. The van der Waals surface area contributed by atoms with E-state index in [1.165, 1.54) is 4.52 Å². The normalized spacial score (nSPS) is 10.8. The van der Waals surface area contributed by atoms with Crippen LogP contribution in [0.15, 0.2) is 47.5 Å². The van der Waals surface area contributed by atoms with E-state index in [9.17, 15) is 9.59 Å². The van der Waals surface area contributed by atoms with Crippen LogP contribution in [0.1, 0.15) is 28.8 Å². The number of aromatic nitrogens is 8. The van der Waals surface area contributed by atoms with E-state index in [2.05, 4.69) is 30.7 Å². The first-order valence-electron chi connectivity index (χ1n) is 9.82. The molecule has 0 saturated heterocycles. The number of nitrogen functional groups attached to an aromatic ring is 1. The SMILES string of the molecule is CCc1cc2cccc(Cl)c2c(=O)n1Cc1nn[nH]n1.NC(=O)c1c(N)nn2cccnc12. The van der Waals surface area contributed by atoms with Gasteiger partial charge in [0, 0.05) is 18.1 Å². The second-order valence-electron chi connectivity index (χ2n) is 6.92. The van der Waals surface area contributed by atoms with Crippen molar-refractivity contribution in [3.8, 4) is 0 Å². The molecule has 12 nitrogen and oxygen atoms in total. The van der Waals surface area contributed by atoms with Gasteiger partial charge in [-0.25, -0.2) is 9.50 Å². The number of aryl methyl sites for hydroxylation is 1. The molecule has 168 valence electrons. The summed E-state index contributed by atoms with van der Waals surface area (Å²) in [5.41, 5.74) is 11.9. The Bertz CT molecular complexity index is 1510. The number of hydrogen-bond donors (Lipinski definition) is 3. The molecule has 0 spiro atoms. The fraction of sp³-hybridized carbons (Fsp3) is 0.150. The second kappa shape index (κ2) is 9.04. The highest BCUT2D eigenvalue weighted by Crippen LogP contribution is 2.21. The van der Waals surface area contributed by atoms with Crippen LogP contribution in [0.4, 0.5) is 5.82 Å². The largest absolute Gasteiger partial charge is 0.381 e. The number of nitrogens with two attached hydrogens (primary N) is 2. The Labute approximate surface area is 191 Å². The lowest BCUT2D eigenvalue weighted by Crippen LogP contribution is -2.25. The molecule has 0 unspecified atom stereocenters. The van der Waals surface area contributed by atoms with Gasteiger partial charge in [-0.05, 0) is 30.0 Å². The number of rotatable bonds is 4. The van der Waals surface area contributed by atoms with Crippen LogP contribution in [0.5, 0.6) is 0 Å². The van der Waals surface area contributed by atoms with Gasteiger partial charge in [0.1, 0.15) is 5.56 Å². The van der Waals surface area contributed by atoms with E-state index in [4.69, 9.17) is 23.1 Å². The third kappa shape index (κ3) is 4.23. The number of amides is 1. The predicted molar refractivity (Wildman–Crippen MR) is 122 cm³/mol. The number of hydrogen-bond acceptors (Lipinski definition) is 8. The molecule has 13 heteroatoms. The van der Waals surface area contributed by atoms with Crippen LogP contribution in [0.25, 0.3) is 16.4 Å². The van der Waals surface area contributed by atoms with Gasteiger partial charge in [-0.15, -0.1) is 15.3 Å². The summed E-state index contributed by atoms with van der Waals surface area (Å²) in [5, 5.41) is 19.4. The molecule has 0 fully saturated rings. The molecule has 0 bridgehead atoms. The molecule has 0 aliphatic carbocycles. The number of halogens is 1. The number of nitrogens with zero attached hydrogens (tertiary/aromatic N) is 7. The first-order valence-corrected chi connectivity index (χ1v) is 10.2. The fourth-order valence-electron chi connectivity index (χ4n) is 3.41. The van der Waals surface area contributed by atoms with Crippen LogP contribution in [-0.4, -0.2) is 45.7 Å². The van der Waals surface area contributed by atoms with E-state index in [1.54, 1.807) is 29.1 Å². The number of primary amides is 1. The van der Waals surface area contributed by atoms with Gasteiger partial charge >= 0.3 is 0 Å². The van der Waals surface area contributed by atoms with E-state index in [0.717, 1.165) is 17.5 Å². The highest BCUT2D eigenvalue weighted by Gasteiger charge is 2.15. The molecular weight excluding hydrogens is 448 g/mol. The number of H-pyrrole nitrogens is 1. The smallest absolute Gasteiger partial charge is 0.260 e. The van der Waals surface area contributed by atoms with Crippen molar-refractivity contribution in [3.63, 3.8) is 0 Å². The monoisotopic (exact) mass is 466 g/mol. The lowest BCUT2D eigenvalue weighted by molar-refractivity contribution is 0.100. The van der Waals surface area contributed by atoms with E-state index >= 15 is 0 Å². The predicted octanol–water partition coefficient (Wildman–Crippen LogP) is 1.19. The number of aromatic amines is 1. The quantitative estimate of drug-likeness (QED) is 0.353. The Hall–Kier alpha value is -4.32. The van der Waals surface area contributed by atoms with Crippen LogP contribution in [0, 0.1) is 0 Å². The standard InChI is InChI=1S/C13H12ClN5O.C7H7N5O/c1-2-9-6-8-4-3-5-10(14)12(8)13(20)19(9)7-11-15-17-18-16-11;8-5-4(6(9)13)7-10-2-1-3-12(7)11-5/h3-6H,2,7H2,1H3,(H,15,16,17,18);1-3H,(H2,8,11)(H2,9,13). The summed E-state index contributed by atoms with van der Waals surface area (Å²) in [5.74, 6) is -0.0504. The molecule has 0 atom stereocenters. The van der Waals surface area contributed by atoms with Crippen molar-refractivity contribution >= 4 is 39.7 Å². The number of anilines is 1. The minimum atomic E-state index is -0.619.